The van der Waals surface area contributed by atoms with Crippen LogP contribution < -0.4 is 4.72 Å². The van der Waals surface area contributed by atoms with E-state index in [9.17, 15) is 13.2 Å². The molecule has 0 fully saturated rings. The van der Waals surface area contributed by atoms with Crippen LogP contribution in [0.15, 0.2) is 71.6 Å². The molecule has 0 amide bonds. The molecule has 0 aliphatic carbocycles. The maximum absolute atomic E-state index is 12.8. The molecule has 5 nitrogen and oxygen atoms in total. The summed E-state index contributed by atoms with van der Waals surface area (Å²) in [4.78, 5) is 11.7. The molecule has 0 unspecified atom stereocenters. The van der Waals surface area contributed by atoms with Gasteiger partial charge < -0.3 is 4.74 Å². The van der Waals surface area contributed by atoms with Crippen molar-refractivity contribution in [2.24, 2.45) is 0 Å². The summed E-state index contributed by atoms with van der Waals surface area (Å²) in [6, 6.07) is 18.7. The van der Waals surface area contributed by atoms with E-state index in [2.05, 4.69) is 9.46 Å². The quantitative estimate of drug-likeness (QED) is 0.738. The molecule has 0 aromatic heterocycles. The van der Waals surface area contributed by atoms with Crippen molar-refractivity contribution in [3.8, 4) is 0 Å². The molecule has 3 aromatic carbocycles. The number of rotatable bonds is 4. The fourth-order valence-corrected chi connectivity index (χ4v) is 3.77. The molecule has 0 aliphatic heterocycles. The van der Waals surface area contributed by atoms with Gasteiger partial charge >= 0.3 is 5.97 Å². The highest BCUT2D eigenvalue weighted by Crippen LogP contribution is 2.26. The first-order valence-electron chi connectivity index (χ1n) is 7.21. The lowest BCUT2D eigenvalue weighted by atomic mass is 10.1. The van der Waals surface area contributed by atoms with Gasteiger partial charge in [0.2, 0.25) is 0 Å². The Labute approximate surface area is 139 Å². The molecular formula is C18H15NO4S. The van der Waals surface area contributed by atoms with E-state index >= 15 is 0 Å². The molecule has 0 saturated carbocycles. The number of sulfonamides is 1. The average molecular weight is 341 g/mol. The maximum atomic E-state index is 12.8. The van der Waals surface area contributed by atoms with E-state index in [0.29, 0.717) is 5.69 Å². The minimum absolute atomic E-state index is 0.00673. The third-order valence-electron chi connectivity index (χ3n) is 3.62. The van der Waals surface area contributed by atoms with Crippen LogP contribution in [0.5, 0.6) is 0 Å². The lowest BCUT2D eigenvalue weighted by Crippen LogP contribution is -2.17. The molecule has 0 aliphatic rings. The van der Waals surface area contributed by atoms with Crippen molar-refractivity contribution in [1.29, 1.82) is 0 Å². The van der Waals surface area contributed by atoms with E-state index < -0.39 is 16.0 Å². The minimum Gasteiger partial charge on any atom is -0.465 e. The first kappa shape index (κ1) is 16.0. The molecule has 122 valence electrons. The van der Waals surface area contributed by atoms with Crippen molar-refractivity contribution in [1.82, 2.24) is 0 Å². The molecule has 0 spiro atoms. The number of hydrogen-bond donors (Lipinski definition) is 1. The molecule has 0 bridgehead atoms. The predicted molar refractivity (Wildman–Crippen MR) is 92.5 cm³/mol. The van der Waals surface area contributed by atoms with Gasteiger partial charge in [-0.05, 0) is 23.6 Å². The van der Waals surface area contributed by atoms with Gasteiger partial charge in [-0.1, -0.05) is 48.5 Å². The second kappa shape index (κ2) is 6.33. The van der Waals surface area contributed by atoms with Gasteiger partial charge in [-0.25, -0.2) is 13.2 Å². The number of ether oxygens (including phenoxy) is 1. The Morgan fingerprint density at radius 3 is 2.38 bits per heavy atom. The third-order valence-corrected chi connectivity index (χ3v) is 5.04. The number of anilines is 1. The monoisotopic (exact) mass is 341 g/mol. The molecule has 6 heteroatoms. The van der Waals surface area contributed by atoms with Crippen molar-refractivity contribution in [3.05, 3.63) is 72.3 Å². The van der Waals surface area contributed by atoms with E-state index in [4.69, 9.17) is 0 Å². The summed E-state index contributed by atoms with van der Waals surface area (Å²) in [6.07, 6.45) is 0. The summed E-state index contributed by atoms with van der Waals surface area (Å²) in [5, 5.41) is 1.69. The fraction of sp³-hybridized carbons (Fsp3) is 0.0556. The summed E-state index contributed by atoms with van der Waals surface area (Å²) in [5.41, 5.74) is 0.445. The summed E-state index contributed by atoms with van der Waals surface area (Å²) in [6.45, 7) is 0. The first-order chi connectivity index (χ1) is 11.5. The zero-order valence-electron chi connectivity index (χ0n) is 12.9. The zero-order chi connectivity index (χ0) is 17.2. The van der Waals surface area contributed by atoms with Gasteiger partial charge in [-0.2, -0.15) is 0 Å². The van der Waals surface area contributed by atoms with Gasteiger partial charge in [0.1, 0.15) is 4.90 Å². The summed E-state index contributed by atoms with van der Waals surface area (Å²) in [7, 11) is -2.73. The van der Waals surface area contributed by atoms with Gasteiger partial charge in [0.25, 0.3) is 10.0 Å². The maximum Gasteiger partial charge on any atom is 0.339 e. The number of benzene rings is 3. The number of carbonyl (C=O) groups is 1. The van der Waals surface area contributed by atoms with Crippen molar-refractivity contribution >= 4 is 32.5 Å². The summed E-state index contributed by atoms with van der Waals surface area (Å²) < 4.78 is 32.8. The Morgan fingerprint density at radius 2 is 1.58 bits per heavy atom. The second-order valence-corrected chi connectivity index (χ2v) is 6.77. The molecule has 3 aromatic rings. The molecule has 1 N–H and O–H groups in total. The van der Waals surface area contributed by atoms with Crippen LogP contribution in [0.25, 0.3) is 10.8 Å². The van der Waals surface area contributed by atoms with E-state index in [1.165, 1.54) is 19.2 Å². The Morgan fingerprint density at radius 1 is 0.917 bits per heavy atom. The van der Waals surface area contributed by atoms with Crippen LogP contribution in [0.3, 0.4) is 0 Å². The molecule has 0 saturated heterocycles. The van der Waals surface area contributed by atoms with Crippen LogP contribution in [0, 0.1) is 0 Å². The van der Waals surface area contributed by atoms with E-state index in [0.717, 1.165) is 10.8 Å². The fourth-order valence-electron chi connectivity index (χ4n) is 2.49. The lowest BCUT2D eigenvalue weighted by Gasteiger charge is -2.13. The minimum atomic E-state index is -3.94. The Balaban J connectivity index is 2.08. The van der Waals surface area contributed by atoms with Crippen molar-refractivity contribution in [2.75, 3.05) is 11.8 Å². The highest BCUT2D eigenvalue weighted by Gasteiger charge is 2.23. The van der Waals surface area contributed by atoms with Crippen LogP contribution in [0.4, 0.5) is 5.69 Å². The number of carbonyl (C=O) groups excluding carboxylic acids is 1. The number of methoxy groups -OCH3 is 1. The van der Waals surface area contributed by atoms with Crippen LogP contribution in [0.2, 0.25) is 0 Å². The van der Waals surface area contributed by atoms with Crippen LogP contribution in [0.1, 0.15) is 10.4 Å². The molecule has 0 atom stereocenters. The first-order valence-corrected chi connectivity index (χ1v) is 8.69. The number of esters is 1. The topological polar surface area (TPSA) is 72.5 Å². The van der Waals surface area contributed by atoms with E-state index in [1.807, 2.05) is 30.3 Å². The SMILES string of the molecule is COC(=O)c1ccccc1S(=O)(=O)Nc1cccc2ccccc12. The molecular weight excluding hydrogens is 326 g/mol. The Hall–Kier alpha value is -2.86. The van der Waals surface area contributed by atoms with Gasteiger partial charge in [-0.3, -0.25) is 4.72 Å². The van der Waals surface area contributed by atoms with Crippen molar-refractivity contribution in [2.45, 2.75) is 4.90 Å². The van der Waals surface area contributed by atoms with Crippen LogP contribution >= 0.6 is 0 Å². The van der Waals surface area contributed by atoms with Crippen molar-refractivity contribution < 1.29 is 17.9 Å². The Bertz CT molecular complexity index is 1010. The van der Waals surface area contributed by atoms with Crippen molar-refractivity contribution in [3.63, 3.8) is 0 Å². The van der Waals surface area contributed by atoms with Gasteiger partial charge in [0.05, 0.1) is 18.4 Å². The zero-order valence-corrected chi connectivity index (χ0v) is 13.7. The van der Waals surface area contributed by atoms with E-state index in [1.54, 1.807) is 24.3 Å². The standard InChI is InChI=1S/C18H15NO4S/c1-23-18(20)15-10-4-5-12-17(15)24(21,22)19-16-11-6-8-13-7-2-3-9-14(13)16/h2-12,19H,1H3. The Kier molecular flexibility index (Phi) is 4.22. The normalized spacial score (nSPS) is 11.2. The van der Waals surface area contributed by atoms with Crippen LogP contribution in [-0.4, -0.2) is 21.5 Å². The van der Waals surface area contributed by atoms with Gasteiger partial charge in [-0.15, -0.1) is 0 Å². The largest absolute Gasteiger partial charge is 0.465 e. The third kappa shape index (κ3) is 2.96. The predicted octanol–water partition coefficient (Wildman–Crippen LogP) is 3.43. The second-order valence-electron chi connectivity index (χ2n) is 5.12. The summed E-state index contributed by atoms with van der Waals surface area (Å²) in [5.74, 6) is -0.700. The highest BCUT2D eigenvalue weighted by molar-refractivity contribution is 7.92. The van der Waals surface area contributed by atoms with Gasteiger partial charge in [0.15, 0.2) is 0 Å². The smallest absolute Gasteiger partial charge is 0.339 e. The molecule has 3 rings (SSSR count). The highest BCUT2D eigenvalue weighted by atomic mass is 32.2. The number of nitrogens with one attached hydrogen (secondary N) is 1. The van der Waals surface area contributed by atoms with Gasteiger partial charge in [0, 0.05) is 5.39 Å². The van der Waals surface area contributed by atoms with Crippen LogP contribution in [-0.2, 0) is 14.8 Å². The number of hydrogen-bond acceptors (Lipinski definition) is 4. The average Bonchev–Trinajstić information content (AvgIpc) is 2.61. The lowest BCUT2D eigenvalue weighted by molar-refractivity contribution is 0.0596. The van der Waals surface area contributed by atoms with E-state index in [-0.39, 0.29) is 10.5 Å². The molecule has 0 heterocycles. The molecule has 0 radical (unpaired) electrons. The summed E-state index contributed by atoms with van der Waals surface area (Å²) >= 11 is 0. The molecule has 24 heavy (non-hydrogen) atoms. The number of fused-ring (bicyclic) bond motifs is 1.